The summed E-state index contributed by atoms with van der Waals surface area (Å²) in [4.78, 5) is 35.3. The number of para-hydroxylation sites is 1. The number of nitrogens with one attached hydrogen (secondary N) is 2. The average Bonchev–Trinajstić information content (AvgIpc) is 2.74. The fourth-order valence-corrected chi connectivity index (χ4v) is 2.49. The lowest BCUT2D eigenvalue weighted by atomic mass is 10.2. The van der Waals surface area contributed by atoms with Gasteiger partial charge in [0.15, 0.2) is 18.1 Å². The smallest absolute Gasteiger partial charge is 0.344 e. The number of carbonyl (C=O) groups is 3. The van der Waals surface area contributed by atoms with Crippen LogP contribution in [0.5, 0.6) is 11.5 Å². The maximum absolute atomic E-state index is 12.0. The molecule has 2 N–H and O–H groups in total. The molecule has 9 nitrogen and oxygen atoms in total. The summed E-state index contributed by atoms with van der Waals surface area (Å²) in [6.45, 7) is 3.61. The van der Waals surface area contributed by atoms with Crippen LogP contribution in [-0.2, 0) is 19.1 Å². The largest absolute Gasteiger partial charge is 0.493 e. The number of carbonyl (C=O) groups excluding carboxylic acids is 3. The monoisotopic (exact) mass is 427 g/mol. The van der Waals surface area contributed by atoms with E-state index < -0.39 is 17.8 Å². The standard InChI is InChI=1S/C22H25N3O6/c1-4-30-22(28)14-31-18-10-9-16(11-19(18)29-3)13-23-25-21(27)12-20(26)24-17-8-6-5-7-15(17)2/h5-11,13H,4,12,14H2,1-3H3,(H,24,26)(H,25,27). The number of anilines is 1. The molecule has 0 radical (unpaired) electrons. The fraction of sp³-hybridized carbons (Fsp3) is 0.273. The molecule has 2 aromatic carbocycles. The van der Waals surface area contributed by atoms with Crippen molar-refractivity contribution in [2.75, 3.05) is 25.6 Å². The summed E-state index contributed by atoms with van der Waals surface area (Å²) < 4.78 is 15.4. The molecule has 9 heteroatoms. The Morgan fingerprint density at radius 3 is 2.55 bits per heavy atom. The molecule has 2 amide bonds. The van der Waals surface area contributed by atoms with E-state index in [2.05, 4.69) is 15.8 Å². The zero-order chi connectivity index (χ0) is 22.6. The Kier molecular flexibility index (Phi) is 9.03. The number of nitrogens with zero attached hydrogens (tertiary/aromatic N) is 1. The van der Waals surface area contributed by atoms with Crippen LogP contribution in [0.2, 0.25) is 0 Å². The molecule has 164 valence electrons. The molecular formula is C22H25N3O6. The average molecular weight is 427 g/mol. The summed E-state index contributed by atoms with van der Waals surface area (Å²) in [5.74, 6) is -0.721. The van der Waals surface area contributed by atoms with E-state index >= 15 is 0 Å². The first-order valence-electron chi connectivity index (χ1n) is 9.56. The number of benzene rings is 2. The lowest BCUT2D eigenvalue weighted by Crippen LogP contribution is -2.24. The van der Waals surface area contributed by atoms with Crippen LogP contribution in [0.1, 0.15) is 24.5 Å². The van der Waals surface area contributed by atoms with Crippen molar-refractivity contribution in [2.45, 2.75) is 20.3 Å². The zero-order valence-electron chi connectivity index (χ0n) is 17.6. The molecule has 0 bridgehead atoms. The molecule has 0 atom stereocenters. The first-order valence-corrected chi connectivity index (χ1v) is 9.56. The van der Waals surface area contributed by atoms with Gasteiger partial charge in [-0.1, -0.05) is 18.2 Å². The Bertz CT molecular complexity index is 958. The van der Waals surface area contributed by atoms with E-state index in [0.29, 0.717) is 22.7 Å². The molecule has 0 spiro atoms. The molecule has 2 rings (SSSR count). The Morgan fingerprint density at radius 2 is 1.84 bits per heavy atom. The summed E-state index contributed by atoms with van der Waals surface area (Å²) >= 11 is 0. The highest BCUT2D eigenvalue weighted by Gasteiger charge is 2.11. The first-order chi connectivity index (χ1) is 14.9. The predicted molar refractivity (Wildman–Crippen MR) is 115 cm³/mol. The summed E-state index contributed by atoms with van der Waals surface area (Å²) in [6.07, 6.45) is 1.03. The minimum absolute atomic E-state index is 0.238. The Balaban J connectivity index is 1.87. The van der Waals surface area contributed by atoms with Crippen LogP contribution in [0.3, 0.4) is 0 Å². The molecular weight excluding hydrogens is 402 g/mol. The molecule has 0 aliphatic rings. The van der Waals surface area contributed by atoms with Gasteiger partial charge in [-0.2, -0.15) is 5.10 Å². The van der Waals surface area contributed by atoms with Crippen molar-refractivity contribution in [3.63, 3.8) is 0 Å². The molecule has 0 heterocycles. The van der Waals surface area contributed by atoms with E-state index in [0.717, 1.165) is 5.56 Å². The maximum atomic E-state index is 12.0. The van der Waals surface area contributed by atoms with Crippen LogP contribution in [0.25, 0.3) is 0 Å². The molecule has 0 aliphatic carbocycles. The second-order valence-electron chi connectivity index (χ2n) is 6.34. The van der Waals surface area contributed by atoms with Crippen molar-refractivity contribution in [3.8, 4) is 11.5 Å². The van der Waals surface area contributed by atoms with E-state index in [1.54, 1.807) is 37.3 Å². The SMILES string of the molecule is CCOC(=O)COc1ccc(C=NNC(=O)CC(=O)Nc2ccccc2C)cc1OC. The highest BCUT2D eigenvalue weighted by atomic mass is 16.6. The number of ether oxygens (including phenoxy) is 3. The lowest BCUT2D eigenvalue weighted by molar-refractivity contribution is -0.145. The van der Waals surface area contributed by atoms with Gasteiger partial charge in [0, 0.05) is 5.69 Å². The van der Waals surface area contributed by atoms with Crippen molar-refractivity contribution in [1.29, 1.82) is 0 Å². The van der Waals surface area contributed by atoms with Gasteiger partial charge in [-0.3, -0.25) is 9.59 Å². The number of rotatable bonds is 10. The fourth-order valence-electron chi connectivity index (χ4n) is 2.49. The van der Waals surface area contributed by atoms with E-state index in [-0.39, 0.29) is 19.6 Å². The highest BCUT2D eigenvalue weighted by molar-refractivity contribution is 6.04. The third-order valence-electron chi connectivity index (χ3n) is 3.98. The second kappa shape index (κ2) is 12.0. The number of hydrazone groups is 1. The molecule has 0 saturated heterocycles. The van der Waals surface area contributed by atoms with Crippen LogP contribution in [0.15, 0.2) is 47.6 Å². The number of aryl methyl sites for hydroxylation is 1. The normalized spacial score (nSPS) is 10.4. The van der Waals surface area contributed by atoms with Gasteiger partial charge in [-0.15, -0.1) is 0 Å². The van der Waals surface area contributed by atoms with Gasteiger partial charge >= 0.3 is 5.97 Å². The van der Waals surface area contributed by atoms with Crippen LogP contribution in [0, 0.1) is 6.92 Å². The van der Waals surface area contributed by atoms with Crippen LogP contribution < -0.4 is 20.2 Å². The van der Waals surface area contributed by atoms with Gasteiger partial charge < -0.3 is 19.5 Å². The van der Waals surface area contributed by atoms with Crippen LogP contribution in [0.4, 0.5) is 5.69 Å². The van der Waals surface area contributed by atoms with E-state index in [4.69, 9.17) is 14.2 Å². The van der Waals surface area contributed by atoms with E-state index in [1.807, 2.05) is 19.1 Å². The Morgan fingerprint density at radius 1 is 1.06 bits per heavy atom. The Labute approximate surface area is 180 Å². The first kappa shape index (κ1) is 23.4. The minimum atomic E-state index is -0.552. The molecule has 0 aliphatic heterocycles. The molecule has 2 aromatic rings. The number of esters is 1. The van der Waals surface area contributed by atoms with E-state index in [9.17, 15) is 14.4 Å². The van der Waals surface area contributed by atoms with Gasteiger partial charge in [-0.05, 0) is 49.2 Å². The predicted octanol–water partition coefficient (Wildman–Crippen LogP) is 2.42. The number of methoxy groups -OCH3 is 1. The van der Waals surface area contributed by atoms with Gasteiger partial charge in [0.25, 0.3) is 0 Å². The van der Waals surface area contributed by atoms with Crippen molar-refractivity contribution in [2.24, 2.45) is 5.10 Å². The number of hydrogen-bond acceptors (Lipinski definition) is 7. The molecule has 0 saturated carbocycles. The van der Waals surface area contributed by atoms with Gasteiger partial charge in [0.05, 0.1) is 19.9 Å². The lowest BCUT2D eigenvalue weighted by Gasteiger charge is -2.10. The zero-order valence-corrected chi connectivity index (χ0v) is 17.6. The van der Waals surface area contributed by atoms with Crippen molar-refractivity contribution in [3.05, 3.63) is 53.6 Å². The third kappa shape index (κ3) is 7.81. The number of amides is 2. The highest BCUT2D eigenvalue weighted by Crippen LogP contribution is 2.27. The molecule has 31 heavy (non-hydrogen) atoms. The van der Waals surface area contributed by atoms with E-state index in [1.165, 1.54) is 13.3 Å². The topological polar surface area (TPSA) is 115 Å². The Hall–Kier alpha value is -3.88. The van der Waals surface area contributed by atoms with Gasteiger partial charge in [0.2, 0.25) is 11.8 Å². The molecule has 0 unspecified atom stereocenters. The third-order valence-corrected chi connectivity index (χ3v) is 3.98. The van der Waals surface area contributed by atoms with Crippen molar-refractivity contribution < 1.29 is 28.6 Å². The van der Waals surface area contributed by atoms with Crippen LogP contribution in [-0.4, -0.2) is 44.3 Å². The summed E-state index contributed by atoms with van der Waals surface area (Å²) in [5, 5.41) is 6.53. The van der Waals surface area contributed by atoms with Crippen molar-refractivity contribution >= 4 is 29.7 Å². The molecule has 0 aromatic heterocycles. The van der Waals surface area contributed by atoms with Gasteiger partial charge in [0.1, 0.15) is 6.42 Å². The number of hydrogen-bond donors (Lipinski definition) is 2. The van der Waals surface area contributed by atoms with Crippen molar-refractivity contribution in [1.82, 2.24) is 5.43 Å². The minimum Gasteiger partial charge on any atom is -0.493 e. The second-order valence-corrected chi connectivity index (χ2v) is 6.34. The maximum Gasteiger partial charge on any atom is 0.344 e. The quantitative estimate of drug-likeness (QED) is 0.260. The summed E-state index contributed by atoms with van der Waals surface area (Å²) in [6, 6.07) is 12.2. The summed E-state index contributed by atoms with van der Waals surface area (Å²) in [5.41, 5.74) is 4.48. The van der Waals surface area contributed by atoms with Gasteiger partial charge in [-0.25, -0.2) is 10.2 Å². The molecule has 0 fully saturated rings. The summed E-state index contributed by atoms with van der Waals surface area (Å²) in [7, 11) is 1.46. The van der Waals surface area contributed by atoms with Crippen LogP contribution >= 0.6 is 0 Å².